The lowest BCUT2D eigenvalue weighted by atomic mass is 10.0. The van der Waals surface area contributed by atoms with E-state index in [-0.39, 0.29) is 17.9 Å². The van der Waals surface area contributed by atoms with Crippen molar-refractivity contribution in [1.29, 1.82) is 0 Å². The Labute approximate surface area is 145 Å². The van der Waals surface area contributed by atoms with Gasteiger partial charge in [-0.3, -0.25) is 9.59 Å². The zero-order chi connectivity index (χ0) is 17.5. The monoisotopic (exact) mass is 330 g/mol. The second kappa shape index (κ2) is 8.86. The van der Waals surface area contributed by atoms with Crippen LogP contribution in [-0.2, 0) is 4.79 Å². The zero-order valence-corrected chi connectivity index (χ0v) is 15.2. The Morgan fingerprint density at radius 3 is 2.46 bits per heavy atom. The largest absolute Gasteiger partial charge is 0.350 e. The van der Waals surface area contributed by atoms with Crippen molar-refractivity contribution in [2.45, 2.75) is 65.3 Å². The first-order chi connectivity index (χ1) is 11.5. The standard InChI is InChI=1S/C20H30N2O2/c1-15(2)7-6-8-16(3)21-20(24)17-10-12-18(13-11-17)22-14-5-4-9-19(22)23/h10-13,15-16H,4-9,14H2,1-3H3,(H,21,24). The molecule has 0 aromatic heterocycles. The molecule has 1 saturated heterocycles. The Bertz CT molecular complexity index is 551. The number of benzene rings is 1. The molecule has 1 aromatic rings. The van der Waals surface area contributed by atoms with Crippen LogP contribution in [0.15, 0.2) is 24.3 Å². The summed E-state index contributed by atoms with van der Waals surface area (Å²) in [4.78, 5) is 26.1. The molecule has 1 unspecified atom stereocenters. The summed E-state index contributed by atoms with van der Waals surface area (Å²) in [5.74, 6) is 0.846. The SMILES string of the molecule is CC(C)CCCC(C)NC(=O)c1ccc(N2CCCCC2=O)cc1. The second-order valence-electron chi connectivity index (χ2n) is 7.25. The Morgan fingerprint density at radius 2 is 1.83 bits per heavy atom. The molecule has 4 nitrogen and oxygen atoms in total. The van der Waals surface area contributed by atoms with Crippen molar-refractivity contribution in [2.24, 2.45) is 5.92 Å². The van der Waals surface area contributed by atoms with Crippen molar-refractivity contribution in [3.63, 3.8) is 0 Å². The molecule has 1 atom stereocenters. The first-order valence-corrected chi connectivity index (χ1v) is 9.18. The van der Waals surface area contributed by atoms with Crippen molar-refractivity contribution >= 4 is 17.5 Å². The van der Waals surface area contributed by atoms with Crippen LogP contribution in [0.2, 0.25) is 0 Å². The topological polar surface area (TPSA) is 49.4 Å². The van der Waals surface area contributed by atoms with Gasteiger partial charge in [0, 0.05) is 30.3 Å². The van der Waals surface area contributed by atoms with Crippen LogP contribution in [0.25, 0.3) is 0 Å². The molecule has 0 aliphatic carbocycles. The molecule has 0 spiro atoms. The summed E-state index contributed by atoms with van der Waals surface area (Å²) >= 11 is 0. The number of piperidine rings is 1. The summed E-state index contributed by atoms with van der Waals surface area (Å²) in [5, 5.41) is 3.06. The quantitative estimate of drug-likeness (QED) is 0.816. The van der Waals surface area contributed by atoms with E-state index in [9.17, 15) is 9.59 Å². The molecule has 1 heterocycles. The van der Waals surface area contributed by atoms with Crippen LogP contribution in [-0.4, -0.2) is 24.4 Å². The van der Waals surface area contributed by atoms with Crippen molar-refractivity contribution in [3.8, 4) is 0 Å². The molecule has 1 aliphatic heterocycles. The Kier molecular flexibility index (Phi) is 6.83. The minimum absolute atomic E-state index is 0.0384. The molecular weight excluding hydrogens is 300 g/mol. The number of nitrogens with one attached hydrogen (secondary N) is 1. The third kappa shape index (κ3) is 5.36. The number of rotatable bonds is 7. The van der Waals surface area contributed by atoms with E-state index in [2.05, 4.69) is 26.1 Å². The molecule has 1 aliphatic rings. The van der Waals surface area contributed by atoms with Crippen LogP contribution < -0.4 is 10.2 Å². The van der Waals surface area contributed by atoms with Gasteiger partial charge in [0.25, 0.3) is 5.91 Å². The molecular formula is C20H30N2O2. The Hall–Kier alpha value is -1.84. The van der Waals surface area contributed by atoms with E-state index in [4.69, 9.17) is 0 Å². The molecule has 0 bridgehead atoms. The molecule has 132 valence electrons. The molecule has 1 fully saturated rings. The van der Waals surface area contributed by atoms with E-state index in [0.29, 0.717) is 17.9 Å². The van der Waals surface area contributed by atoms with E-state index in [1.165, 1.54) is 6.42 Å². The lowest BCUT2D eigenvalue weighted by molar-refractivity contribution is -0.119. The van der Waals surface area contributed by atoms with Crippen molar-refractivity contribution in [2.75, 3.05) is 11.4 Å². The molecule has 24 heavy (non-hydrogen) atoms. The molecule has 2 rings (SSSR count). The molecule has 1 N–H and O–H groups in total. The summed E-state index contributed by atoms with van der Waals surface area (Å²) in [6, 6.07) is 7.56. The third-order valence-electron chi connectivity index (χ3n) is 4.56. The van der Waals surface area contributed by atoms with Crippen LogP contribution in [0.4, 0.5) is 5.69 Å². The van der Waals surface area contributed by atoms with E-state index in [1.807, 2.05) is 29.2 Å². The van der Waals surface area contributed by atoms with Crippen LogP contribution >= 0.6 is 0 Å². The van der Waals surface area contributed by atoms with Gasteiger partial charge in [-0.05, 0) is 56.4 Å². The minimum Gasteiger partial charge on any atom is -0.350 e. The summed E-state index contributed by atoms with van der Waals surface area (Å²) in [6.45, 7) is 7.27. The van der Waals surface area contributed by atoms with Gasteiger partial charge in [0.1, 0.15) is 0 Å². The molecule has 2 amide bonds. The predicted molar refractivity (Wildman–Crippen MR) is 98.3 cm³/mol. The number of anilines is 1. The zero-order valence-electron chi connectivity index (χ0n) is 15.2. The highest BCUT2D eigenvalue weighted by atomic mass is 16.2. The van der Waals surface area contributed by atoms with E-state index in [1.54, 1.807) is 0 Å². The summed E-state index contributed by atoms with van der Waals surface area (Å²) in [5.41, 5.74) is 1.54. The van der Waals surface area contributed by atoms with Gasteiger partial charge >= 0.3 is 0 Å². The Morgan fingerprint density at radius 1 is 1.12 bits per heavy atom. The molecule has 4 heteroatoms. The van der Waals surface area contributed by atoms with Crippen LogP contribution in [0.5, 0.6) is 0 Å². The van der Waals surface area contributed by atoms with E-state index >= 15 is 0 Å². The fourth-order valence-corrected chi connectivity index (χ4v) is 3.08. The highest BCUT2D eigenvalue weighted by molar-refractivity contribution is 5.97. The van der Waals surface area contributed by atoms with E-state index < -0.39 is 0 Å². The lowest BCUT2D eigenvalue weighted by Crippen LogP contribution is -2.35. The maximum atomic E-state index is 12.3. The minimum atomic E-state index is -0.0384. The van der Waals surface area contributed by atoms with Crippen molar-refractivity contribution in [3.05, 3.63) is 29.8 Å². The highest BCUT2D eigenvalue weighted by Gasteiger charge is 2.19. The second-order valence-corrected chi connectivity index (χ2v) is 7.25. The average Bonchev–Trinajstić information content (AvgIpc) is 2.55. The molecule has 1 aromatic carbocycles. The predicted octanol–water partition coefficient (Wildman–Crippen LogP) is 4.15. The summed E-state index contributed by atoms with van der Waals surface area (Å²) in [7, 11) is 0. The number of hydrogen-bond acceptors (Lipinski definition) is 2. The van der Waals surface area contributed by atoms with Gasteiger partial charge in [-0.25, -0.2) is 0 Å². The Balaban J connectivity index is 1.87. The summed E-state index contributed by atoms with van der Waals surface area (Å²) in [6.07, 6.45) is 5.97. The first-order valence-electron chi connectivity index (χ1n) is 9.18. The van der Waals surface area contributed by atoms with Gasteiger partial charge in [-0.1, -0.05) is 26.7 Å². The first kappa shape index (κ1) is 18.5. The van der Waals surface area contributed by atoms with Gasteiger partial charge in [0.05, 0.1) is 0 Å². The van der Waals surface area contributed by atoms with Crippen LogP contribution in [0, 0.1) is 5.92 Å². The van der Waals surface area contributed by atoms with Gasteiger partial charge in [-0.2, -0.15) is 0 Å². The normalized spacial score (nSPS) is 16.3. The van der Waals surface area contributed by atoms with E-state index in [0.717, 1.165) is 37.9 Å². The van der Waals surface area contributed by atoms with Crippen LogP contribution in [0.3, 0.4) is 0 Å². The smallest absolute Gasteiger partial charge is 0.251 e. The maximum absolute atomic E-state index is 12.3. The summed E-state index contributed by atoms with van der Waals surface area (Å²) < 4.78 is 0. The number of nitrogens with zero attached hydrogens (tertiary/aromatic N) is 1. The number of hydrogen-bond donors (Lipinski definition) is 1. The fourth-order valence-electron chi connectivity index (χ4n) is 3.08. The van der Waals surface area contributed by atoms with Gasteiger partial charge in [0.2, 0.25) is 5.91 Å². The lowest BCUT2D eigenvalue weighted by Gasteiger charge is -2.26. The fraction of sp³-hybridized carbons (Fsp3) is 0.600. The highest BCUT2D eigenvalue weighted by Crippen LogP contribution is 2.21. The van der Waals surface area contributed by atoms with Crippen molar-refractivity contribution < 1.29 is 9.59 Å². The van der Waals surface area contributed by atoms with Gasteiger partial charge < -0.3 is 10.2 Å². The number of carbonyl (C=O) groups excluding carboxylic acids is 2. The number of amides is 2. The molecule has 0 radical (unpaired) electrons. The van der Waals surface area contributed by atoms with Gasteiger partial charge in [-0.15, -0.1) is 0 Å². The van der Waals surface area contributed by atoms with Crippen LogP contribution in [0.1, 0.15) is 69.7 Å². The maximum Gasteiger partial charge on any atom is 0.251 e. The van der Waals surface area contributed by atoms with Crippen molar-refractivity contribution in [1.82, 2.24) is 5.32 Å². The molecule has 0 saturated carbocycles. The third-order valence-corrected chi connectivity index (χ3v) is 4.56. The average molecular weight is 330 g/mol. The number of carbonyl (C=O) groups is 2. The van der Waals surface area contributed by atoms with Gasteiger partial charge in [0.15, 0.2) is 0 Å².